The summed E-state index contributed by atoms with van der Waals surface area (Å²) in [6.07, 6.45) is -4.18. The van der Waals surface area contributed by atoms with Crippen LogP contribution in [0.25, 0.3) is 10.2 Å². The number of hydrogen-bond donors (Lipinski definition) is 1. The molecule has 124 valence electrons. The van der Waals surface area contributed by atoms with E-state index in [9.17, 15) is 26.4 Å². The summed E-state index contributed by atoms with van der Waals surface area (Å²) in [5.41, 5.74) is 0.349. The number of halogens is 3. The van der Waals surface area contributed by atoms with Gasteiger partial charge in [0.1, 0.15) is 0 Å². The van der Waals surface area contributed by atoms with E-state index < -0.39 is 33.0 Å². The maximum Gasteiger partial charge on any atom is 0.443 e. The fourth-order valence-corrected chi connectivity index (χ4v) is 4.91. The van der Waals surface area contributed by atoms with Gasteiger partial charge < -0.3 is 5.32 Å². The van der Waals surface area contributed by atoms with Gasteiger partial charge in [0.2, 0.25) is 0 Å². The first-order valence-corrected chi connectivity index (χ1v) is 9.27. The predicted molar refractivity (Wildman–Crippen MR) is 79.1 cm³/mol. The van der Waals surface area contributed by atoms with Crippen LogP contribution >= 0.6 is 11.3 Å². The smallest absolute Gasteiger partial charge is 0.348 e. The number of thiazole rings is 1. The predicted octanol–water partition coefficient (Wildman–Crippen LogP) is 2.23. The molecule has 1 aromatic carbocycles. The molecule has 0 aliphatic carbocycles. The van der Waals surface area contributed by atoms with Crippen molar-refractivity contribution in [3.63, 3.8) is 0 Å². The molecular formula is C13H11F3N2O3S2. The molecule has 1 aromatic heterocycles. The lowest BCUT2D eigenvalue weighted by atomic mass is 10.2. The summed E-state index contributed by atoms with van der Waals surface area (Å²) in [6.45, 7) is 0. The second-order valence-electron chi connectivity index (χ2n) is 5.27. The van der Waals surface area contributed by atoms with Gasteiger partial charge in [-0.2, -0.15) is 13.2 Å². The number of carbonyl (C=O) groups is 1. The summed E-state index contributed by atoms with van der Waals surface area (Å²) in [5, 5.41) is 1.63. The normalized spacial score (nSPS) is 20.7. The Morgan fingerprint density at radius 1 is 1.35 bits per heavy atom. The lowest BCUT2D eigenvalue weighted by molar-refractivity contribution is -0.137. The Bertz CT molecular complexity index is 874. The number of hydrogen-bond acceptors (Lipinski definition) is 5. The number of sulfone groups is 1. The van der Waals surface area contributed by atoms with Crippen LogP contribution in [0.1, 0.15) is 21.8 Å². The van der Waals surface area contributed by atoms with Gasteiger partial charge in [-0.15, -0.1) is 11.3 Å². The minimum Gasteiger partial charge on any atom is -0.348 e. The van der Waals surface area contributed by atoms with Crippen LogP contribution in [0.2, 0.25) is 0 Å². The van der Waals surface area contributed by atoms with Gasteiger partial charge in [0, 0.05) is 11.6 Å². The molecule has 0 radical (unpaired) electrons. The largest absolute Gasteiger partial charge is 0.443 e. The minimum atomic E-state index is -4.52. The summed E-state index contributed by atoms with van der Waals surface area (Å²) < 4.78 is 60.9. The van der Waals surface area contributed by atoms with Crippen LogP contribution in [0.4, 0.5) is 13.2 Å². The Morgan fingerprint density at radius 3 is 2.70 bits per heavy atom. The van der Waals surface area contributed by atoms with Crippen molar-refractivity contribution >= 4 is 37.3 Å². The molecule has 1 aliphatic heterocycles. The zero-order chi connectivity index (χ0) is 16.8. The fraction of sp³-hybridized carbons (Fsp3) is 0.385. The van der Waals surface area contributed by atoms with Crippen LogP contribution < -0.4 is 5.32 Å². The van der Waals surface area contributed by atoms with Crippen LogP contribution in [0.5, 0.6) is 0 Å². The summed E-state index contributed by atoms with van der Waals surface area (Å²) in [7, 11) is -3.12. The Kier molecular flexibility index (Phi) is 3.83. The number of alkyl halides is 3. The minimum absolute atomic E-state index is 0.0285. The topological polar surface area (TPSA) is 76.1 Å². The molecule has 1 atom stereocenters. The monoisotopic (exact) mass is 364 g/mol. The highest BCUT2D eigenvalue weighted by atomic mass is 32.2. The number of aromatic nitrogens is 1. The molecule has 10 heteroatoms. The summed E-state index contributed by atoms with van der Waals surface area (Å²) in [5.74, 6) is -0.587. The van der Waals surface area contributed by atoms with E-state index in [0.29, 0.717) is 17.8 Å². The molecule has 5 nitrogen and oxygen atoms in total. The lowest BCUT2D eigenvalue weighted by Crippen LogP contribution is -2.35. The number of rotatable bonds is 2. The second kappa shape index (κ2) is 5.45. The van der Waals surface area contributed by atoms with Gasteiger partial charge in [-0.05, 0) is 24.6 Å². The van der Waals surface area contributed by atoms with Crippen molar-refractivity contribution in [2.45, 2.75) is 18.6 Å². The van der Waals surface area contributed by atoms with Crippen molar-refractivity contribution < 1.29 is 26.4 Å². The van der Waals surface area contributed by atoms with Crippen LogP contribution in [0.15, 0.2) is 18.2 Å². The van der Waals surface area contributed by atoms with Gasteiger partial charge >= 0.3 is 6.18 Å². The van der Waals surface area contributed by atoms with Crippen LogP contribution in [-0.2, 0) is 16.0 Å². The van der Waals surface area contributed by atoms with E-state index in [4.69, 9.17) is 0 Å². The number of nitrogens with zero attached hydrogens (tertiary/aromatic N) is 1. The molecule has 0 spiro atoms. The number of benzene rings is 1. The van der Waals surface area contributed by atoms with Crippen molar-refractivity contribution in [1.82, 2.24) is 10.3 Å². The number of fused-ring (bicyclic) bond motifs is 1. The van der Waals surface area contributed by atoms with E-state index in [0.717, 1.165) is 0 Å². The average Bonchev–Trinajstić information content (AvgIpc) is 3.00. The van der Waals surface area contributed by atoms with Crippen molar-refractivity contribution in [3.05, 3.63) is 28.8 Å². The Hall–Kier alpha value is -1.68. The first-order chi connectivity index (χ1) is 10.6. The SMILES string of the molecule is O=C(N[C@@H]1CCS(=O)(=O)C1)c1ccc2nc(C(F)(F)F)sc2c1. The van der Waals surface area contributed by atoms with E-state index in [1.807, 2.05) is 0 Å². The van der Waals surface area contributed by atoms with Gasteiger partial charge in [0.05, 0.1) is 21.7 Å². The van der Waals surface area contributed by atoms with Crippen LogP contribution in [0, 0.1) is 0 Å². The molecular weight excluding hydrogens is 353 g/mol. The third-order valence-electron chi connectivity index (χ3n) is 3.46. The summed E-state index contributed by atoms with van der Waals surface area (Å²) in [6, 6.07) is 3.60. The quantitative estimate of drug-likeness (QED) is 0.887. The molecule has 2 heterocycles. The van der Waals surface area contributed by atoms with Gasteiger partial charge in [0.15, 0.2) is 14.8 Å². The molecule has 1 aliphatic rings. The fourth-order valence-electron chi connectivity index (χ4n) is 2.36. The number of carbonyl (C=O) groups excluding carboxylic acids is 1. The standard InChI is InChI=1S/C13H11F3N2O3S2/c14-13(15,16)12-18-9-2-1-7(5-10(9)22-12)11(19)17-8-3-4-23(20,21)6-8/h1-2,5,8H,3-4,6H2,(H,17,19)/t8-/m1/s1. The first-order valence-electron chi connectivity index (χ1n) is 6.63. The first kappa shape index (κ1) is 16.2. The summed E-state index contributed by atoms with van der Waals surface area (Å²) in [4.78, 5) is 15.6. The molecule has 0 unspecified atom stereocenters. The zero-order valence-corrected chi connectivity index (χ0v) is 13.2. The molecule has 1 saturated heterocycles. The third kappa shape index (κ3) is 3.47. The van der Waals surface area contributed by atoms with Gasteiger partial charge in [-0.1, -0.05) is 0 Å². The van der Waals surface area contributed by atoms with Gasteiger partial charge in [-0.3, -0.25) is 4.79 Å². The summed E-state index contributed by atoms with van der Waals surface area (Å²) >= 11 is 0.466. The number of nitrogens with one attached hydrogen (secondary N) is 1. The Morgan fingerprint density at radius 2 is 2.09 bits per heavy atom. The van der Waals surface area contributed by atoms with E-state index in [1.165, 1.54) is 18.2 Å². The highest BCUT2D eigenvalue weighted by Gasteiger charge is 2.35. The van der Waals surface area contributed by atoms with E-state index in [2.05, 4.69) is 10.3 Å². The lowest BCUT2D eigenvalue weighted by Gasteiger charge is -2.10. The molecule has 0 saturated carbocycles. The van der Waals surface area contributed by atoms with Crippen LogP contribution in [0.3, 0.4) is 0 Å². The third-order valence-corrected chi connectivity index (χ3v) is 6.29. The maximum atomic E-state index is 12.6. The highest BCUT2D eigenvalue weighted by molar-refractivity contribution is 7.91. The van der Waals surface area contributed by atoms with Crippen molar-refractivity contribution in [1.29, 1.82) is 0 Å². The number of amides is 1. The van der Waals surface area contributed by atoms with Crippen molar-refractivity contribution in [2.75, 3.05) is 11.5 Å². The zero-order valence-electron chi connectivity index (χ0n) is 11.6. The second-order valence-corrected chi connectivity index (χ2v) is 8.53. The Balaban J connectivity index is 1.81. The molecule has 1 amide bonds. The van der Waals surface area contributed by atoms with E-state index >= 15 is 0 Å². The van der Waals surface area contributed by atoms with Gasteiger partial charge in [0.25, 0.3) is 5.91 Å². The van der Waals surface area contributed by atoms with E-state index in [1.54, 1.807) is 0 Å². The van der Waals surface area contributed by atoms with Crippen molar-refractivity contribution in [2.24, 2.45) is 0 Å². The molecule has 23 heavy (non-hydrogen) atoms. The molecule has 1 N–H and O–H groups in total. The molecule has 0 bridgehead atoms. The molecule has 3 rings (SSSR count). The Labute approximate surface area is 133 Å². The highest BCUT2D eigenvalue weighted by Crippen LogP contribution is 2.35. The maximum absolute atomic E-state index is 12.6. The van der Waals surface area contributed by atoms with Crippen molar-refractivity contribution in [3.8, 4) is 0 Å². The average molecular weight is 364 g/mol. The van der Waals surface area contributed by atoms with E-state index in [-0.39, 0.29) is 27.3 Å². The molecule has 2 aromatic rings. The van der Waals surface area contributed by atoms with Crippen LogP contribution in [-0.4, -0.2) is 36.9 Å². The molecule has 1 fully saturated rings. The van der Waals surface area contributed by atoms with Gasteiger partial charge in [-0.25, -0.2) is 13.4 Å².